The van der Waals surface area contributed by atoms with Crippen LogP contribution < -0.4 is 4.74 Å². The first-order chi connectivity index (χ1) is 15.8. The summed E-state index contributed by atoms with van der Waals surface area (Å²) in [5, 5.41) is 4.87. The summed E-state index contributed by atoms with van der Waals surface area (Å²) in [6, 6.07) is 30.7. The molecule has 1 aromatic heterocycles. The molecule has 0 bridgehead atoms. The Morgan fingerprint density at radius 1 is 0.875 bits per heavy atom. The molecule has 0 spiro atoms. The van der Waals surface area contributed by atoms with Gasteiger partial charge in [-0.1, -0.05) is 66.7 Å². The summed E-state index contributed by atoms with van der Waals surface area (Å²) in [6.07, 6.45) is 1.15. The molecule has 6 heteroatoms. The van der Waals surface area contributed by atoms with Crippen LogP contribution in [0.5, 0.6) is 5.75 Å². The van der Waals surface area contributed by atoms with Gasteiger partial charge in [0.05, 0.1) is 6.67 Å². The van der Waals surface area contributed by atoms with Crippen molar-refractivity contribution in [2.75, 3.05) is 13.1 Å². The van der Waals surface area contributed by atoms with Crippen molar-refractivity contribution in [3.63, 3.8) is 0 Å². The van der Waals surface area contributed by atoms with Crippen LogP contribution in [0.1, 0.15) is 23.7 Å². The summed E-state index contributed by atoms with van der Waals surface area (Å²) in [7, 11) is 0. The number of hydrogen-bond acceptors (Lipinski definition) is 4. The van der Waals surface area contributed by atoms with Crippen molar-refractivity contribution in [3.05, 3.63) is 107 Å². The van der Waals surface area contributed by atoms with E-state index >= 15 is 0 Å². The molecule has 1 fully saturated rings. The first-order valence-electron chi connectivity index (χ1n) is 11.0. The summed E-state index contributed by atoms with van der Waals surface area (Å²) >= 11 is 5.86. The first-order valence-corrected chi connectivity index (χ1v) is 11.4. The van der Waals surface area contributed by atoms with Gasteiger partial charge in [-0.3, -0.25) is 9.47 Å². The zero-order valence-electron chi connectivity index (χ0n) is 17.9. The minimum atomic E-state index is 0.349. The molecule has 0 N–H and O–H groups in total. The van der Waals surface area contributed by atoms with Crippen LogP contribution in [0, 0.1) is 4.77 Å². The third-order valence-corrected chi connectivity index (χ3v) is 6.30. The van der Waals surface area contributed by atoms with Gasteiger partial charge in [0.1, 0.15) is 12.4 Å². The average Bonchev–Trinajstić information content (AvgIpc) is 3.44. The number of rotatable bonds is 7. The monoisotopic (exact) mass is 442 g/mol. The Morgan fingerprint density at radius 3 is 2.25 bits per heavy atom. The van der Waals surface area contributed by atoms with E-state index in [9.17, 15) is 0 Å². The van der Waals surface area contributed by atoms with Crippen LogP contribution >= 0.6 is 12.2 Å². The number of ether oxygens (including phenoxy) is 1. The van der Waals surface area contributed by atoms with E-state index in [0.29, 0.717) is 24.0 Å². The van der Waals surface area contributed by atoms with E-state index < -0.39 is 0 Å². The van der Waals surface area contributed by atoms with Gasteiger partial charge in [-0.15, -0.1) is 0 Å². The number of benzene rings is 3. The third kappa shape index (κ3) is 4.52. The van der Waals surface area contributed by atoms with Crippen molar-refractivity contribution in [2.45, 2.75) is 25.6 Å². The molecule has 0 aliphatic carbocycles. The summed E-state index contributed by atoms with van der Waals surface area (Å²) < 4.78 is 10.6. The Hall–Kier alpha value is -3.22. The maximum absolute atomic E-state index is 6.01. The summed E-state index contributed by atoms with van der Waals surface area (Å²) in [5.41, 5.74) is 2.41. The molecule has 32 heavy (non-hydrogen) atoms. The van der Waals surface area contributed by atoms with E-state index in [1.807, 2.05) is 57.8 Å². The number of hydrogen-bond donors (Lipinski definition) is 0. The van der Waals surface area contributed by atoms with E-state index in [0.717, 1.165) is 36.8 Å². The van der Waals surface area contributed by atoms with Crippen molar-refractivity contribution in [1.82, 2.24) is 19.2 Å². The summed E-state index contributed by atoms with van der Waals surface area (Å²) in [4.78, 5) is 2.43. The van der Waals surface area contributed by atoms with Gasteiger partial charge in [-0.25, -0.2) is 4.68 Å². The van der Waals surface area contributed by atoms with Crippen molar-refractivity contribution >= 4 is 12.2 Å². The fraction of sp³-hybridized carbons (Fsp3) is 0.231. The Bertz CT molecular complexity index is 1210. The molecule has 1 atom stereocenters. The highest BCUT2D eigenvalue weighted by atomic mass is 32.1. The van der Waals surface area contributed by atoms with Gasteiger partial charge in [0, 0.05) is 18.8 Å². The Morgan fingerprint density at radius 2 is 1.53 bits per heavy atom. The quantitative estimate of drug-likeness (QED) is 0.358. The molecule has 0 amide bonds. The highest BCUT2D eigenvalue weighted by molar-refractivity contribution is 7.71. The van der Waals surface area contributed by atoms with Crippen LogP contribution in [0.2, 0.25) is 0 Å². The smallest absolute Gasteiger partial charge is 0.203 e. The Balaban J connectivity index is 1.38. The second-order valence-corrected chi connectivity index (χ2v) is 8.45. The van der Waals surface area contributed by atoms with Gasteiger partial charge in [0.2, 0.25) is 4.77 Å². The minimum Gasteiger partial charge on any atom is -0.486 e. The second-order valence-electron chi connectivity index (χ2n) is 8.09. The SMILES string of the molecule is S=c1n(CN2CCC(c3ccccc3)C2)nc(COc2ccccc2)n1-c1ccccc1. The molecule has 0 radical (unpaired) electrons. The van der Waals surface area contributed by atoms with Crippen molar-refractivity contribution < 1.29 is 4.74 Å². The minimum absolute atomic E-state index is 0.349. The largest absolute Gasteiger partial charge is 0.486 e. The molecule has 3 aromatic carbocycles. The highest BCUT2D eigenvalue weighted by Crippen LogP contribution is 2.27. The van der Waals surface area contributed by atoms with E-state index in [1.54, 1.807) is 0 Å². The first kappa shape index (κ1) is 20.7. The molecule has 162 valence electrons. The maximum Gasteiger partial charge on any atom is 0.203 e. The molecule has 1 aliphatic rings. The lowest BCUT2D eigenvalue weighted by Gasteiger charge is -2.16. The highest BCUT2D eigenvalue weighted by Gasteiger charge is 2.25. The van der Waals surface area contributed by atoms with Gasteiger partial charge < -0.3 is 4.74 Å². The predicted octanol–water partition coefficient (Wildman–Crippen LogP) is 5.43. The molecule has 0 saturated carbocycles. The van der Waals surface area contributed by atoms with E-state index in [4.69, 9.17) is 22.1 Å². The van der Waals surface area contributed by atoms with Gasteiger partial charge >= 0.3 is 0 Å². The number of likely N-dealkylation sites (tertiary alicyclic amines) is 1. The van der Waals surface area contributed by atoms with Gasteiger partial charge in [0.15, 0.2) is 5.82 Å². The number of nitrogens with zero attached hydrogens (tertiary/aromatic N) is 4. The second kappa shape index (κ2) is 9.51. The third-order valence-electron chi connectivity index (χ3n) is 5.91. The number of aromatic nitrogens is 3. The molecule has 2 heterocycles. The number of para-hydroxylation sites is 2. The summed E-state index contributed by atoms with van der Waals surface area (Å²) in [5.74, 6) is 2.17. The average molecular weight is 443 g/mol. The van der Waals surface area contributed by atoms with Gasteiger partial charge in [-0.2, -0.15) is 5.10 Å². The van der Waals surface area contributed by atoms with Gasteiger partial charge in [0.25, 0.3) is 0 Å². The lowest BCUT2D eigenvalue weighted by Crippen LogP contribution is -2.24. The molecule has 4 aromatic rings. The van der Waals surface area contributed by atoms with Crippen LogP contribution in [0.3, 0.4) is 0 Å². The van der Waals surface area contributed by atoms with Crippen LogP contribution in [-0.4, -0.2) is 32.3 Å². The van der Waals surface area contributed by atoms with Crippen LogP contribution in [0.4, 0.5) is 0 Å². The zero-order valence-corrected chi connectivity index (χ0v) is 18.7. The molecule has 5 rings (SSSR count). The summed E-state index contributed by atoms with van der Waals surface area (Å²) in [6.45, 7) is 3.08. The molecule has 5 nitrogen and oxygen atoms in total. The Kier molecular flexibility index (Phi) is 6.14. The van der Waals surface area contributed by atoms with E-state index in [2.05, 4.69) is 47.4 Å². The lowest BCUT2D eigenvalue weighted by atomic mass is 9.99. The van der Waals surface area contributed by atoms with Crippen molar-refractivity contribution in [2.24, 2.45) is 0 Å². The van der Waals surface area contributed by atoms with Crippen LogP contribution in [0.15, 0.2) is 91.0 Å². The van der Waals surface area contributed by atoms with Crippen molar-refractivity contribution in [1.29, 1.82) is 0 Å². The fourth-order valence-electron chi connectivity index (χ4n) is 4.29. The maximum atomic E-state index is 6.01. The van der Waals surface area contributed by atoms with Crippen LogP contribution in [0.25, 0.3) is 5.69 Å². The molecular formula is C26H26N4OS. The lowest BCUT2D eigenvalue weighted by molar-refractivity contribution is 0.246. The molecular weight excluding hydrogens is 416 g/mol. The predicted molar refractivity (Wildman–Crippen MR) is 129 cm³/mol. The van der Waals surface area contributed by atoms with Gasteiger partial charge in [-0.05, 0) is 54.4 Å². The molecule has 1 aliphatic heterocycles. The normalized spacial score (nSPS) is 16.3. The molecule has 1 saturated heterocycles. The fourth-order valence-corrected chi connectivity index (χ4v) is 4.60. The van der Waals surface area contributed by atoms with E-state index in [1.165, 1.54) is 5.56 Å². The zero-order chi connectivity index (χ0) is 21.8. The topological polar surface area (TPSA) is 35.2 Å². The van der Waals surface area contributed by atoms with Crippen LogP contribution in [-0.2, 0) is 13.3 Å². The van der Waals surface area contributed by atoms with Crippen molar-refractivity contribution in [3.8, 4) is 11.4 Å². The standard InChI is InChI=1S/C26H26N4OS/c32-26-29(20-28-17-16-22(18-28)21-10-4-1-5-11-21)27-25(19-31-24-14-8-3-9-15-24)30(26)23-12-6-2-7-13-23/h1-15,22H,16-20H2. The molecule has 1 unspecified atom stereocenters. The Labute approximate surface area is 193 Å². The van der Waals surface area contributed by atoms with E-state index in [-0.39, 0.29) is 0 Å².